The number of aliphatic hydroxyl groups is 1. The quantitative estimate of drug-likeness (QED) is 0.0277. The molecule has 0 rings (SSSR count). The number of aliphatic hydroxyl groups excluding tert-OH is 1. The topological polar surface area (TPSA) is 131 Å². The van der Waals surface area contributed by atoms with E-state index in [0.717, 1.165) is 38.5 Å². The summed E-state index contributed by atoms with van der Waals surface area (Å²) in [6.45, 7) is 4.22. The molecular formula is C43H87N2O6P. The van der Waals surface area contributed by atoms with Gasteiger partial charge in [0.05, 0.1) is 25.4 Å². The Kier molecular flexibility index (Phi) is 39.3. The average molecular weight is 759 g/mol. The van der Waals surface area contributed by atoms with Crippen molar-refractivity contribution < 1.29 is 28.4 Å². The molecule has 0 heterocycles. The Morgan fingerprint density at radius 1 is 0.615 bits per heavy atom. The van der Waals surface area contributed by atoms with Crippen molar-refractivity contribution in [1.29, 1.82) is 0 Å². The molecule has 1 amide bonds. The number of hydrogen-bond acceptors (Lipinski definition) is 6. The molecule has 8 nitrogen and oxygen atoms in total. The van der Waals surface area contributed by atoms with Gasteiger partial charge in [-0.05, 0) is 38.5 Å². The highest BCUT2D eigenvalue weighted by Crippen LogP contribution is 2.43. The second-order valence-electron chi connectivity index (χ2n) is 15.3. The number of phosphoric acid groups is 1. The van der Waals surface area contributed by atoms with Gasteiger partial charge >= 0.3 is 7.82 Å². The molecule has 0 aliphatic heterocycles. The molecule has 3 atom stereocenters. The van der Waals surface area contributed by atoms with Crippen molar-refractivity contribution in [3.63, 3.8) is 0 Å². The SMILES string of the molecule is CCCCCCCC/C=C\CCCCCCCCCCCC(=O)NC(COP(=O)(O)OCCN)C(O)CCCCCCCCCCCCCCCC. The Labute approximate surface area is 322 Å². The van der Waals surface area contributed by atoms with Gasteiger partial charge < -0.3 is 21.1 Å². The van der Waals surface area contributed by atoms with E-state index in [4.69, 9.17) is 14.8 Å². The second kappa shape index (κ2) is 39.9. The molecule has 0 saturated heterocycles. The van der Waals surface area contributed by atoms with Crippen molar-refractivity contribution >= 4 is 13.7 Å². The van der Waals surface area contributed by atoms with Crippen LogP contribution in [-0.4, -0.2) is 47.8 Å². The van der Waals surface area contributed by atoms with Gasteiger partial charge in [-0.15, -0.1) is 0 Å². The zero-order valence-corrected chi connectivity index (χ0v) is 35.2. The largest absolute Gasteiger partial charge is 0.472 e. The summed E-state index contributed by atoms with van der Waals surface area (Å²) < 4.78 is 22.2. The molecule has 0 aromatic heterocycles. The standard InChI is InChI=1S/C43H87N2O6P/c1-3-5-7-9-11-13-15-17-19-20-21-22-23-25-27-29-31-33-35-37-43(47)45-41(40-51-52(48,49)50-39-38-44)42(46)36-34-32-30-28-26-24-18-16-14-12-10-8-6-4-2/h17,19,41-42,46H,3-16,18,20-40,44H2,1-2H3,(H,45,47)(H,48,49)/b19-17-. The van der Waals surface area contributed by atoms with Gasteiger partial charge in [0.1, 0.15) is 0 Å². The Balaban J connectivity index is 4.11. The molecule has 9 heteroatoms. The Morgan fingerprint density at radius 2 is 1.00 bits per heavy atom. The second-order valence-corrected chi connectivity index (χ2v) is 16.7. The number of nitrogens with one attached hydrogen (secondary N) is 1. The maximum absolute atomic E-state index is 12.8. The molecule has 0 radical (unpaired) electrons. The summed E-state index contributed by atoms with van der Waals surface area (Å²) in [5.41, 5.74) is 5.38. The van der Waals surface area contributed by atoms with E-state index in [0.29, 0.717) is 12.8 Å². The van der Waals surface area contributed by atoms with Crippen LogP contribution in [0.25, 0.3) is 0 Å². The maximum atomic E-state index is 12.8. The van der Waals surface area contributed by atoms with Crippen LogP contribution >= 0.6 is 7.82 Å². The van der Waals surface area contributed by atoms with Crippen molar-refractivity contribution in [1.82, 2.24) is 5.32 Å². The summed E-state index contributed by atoms with van der Waals surface area (Å²) >= 11 is 0. The molecule has 0 aromatic rings. The number of rotatable bonds is 42. The molecule has 3 unspecified atom stereocenters. The average Bonchev–Trinajstić information content (AvgIpc) is 3.13. The van der Waals surface area contributed by atoms with Crippen LogP contribution < -0.4 is 11.1 Å². The number of allylic oxidation sites excluding steroid dienone is 2. The zero-order chi connectivity index (χ0) is 38.2. The van der Waals surface area contributed by atoms with Gasteiger partial charge in [0, 0.05) is 13.0 Å². The molecule has 52 heavy (non-hydrogen) atoms. The molecule has 0 spiro atoms. The van der Waals surface area contributed by atoms with Crippen LogP contribution in [0.15, 0.2) is 12.2 Å². The highest BCUT2D eigenvalue weighted by Gasteiger charge is 2.27. The van der Waals surface area contributed by atoms with Crippen LogP contribution in [-0.2, 0) is 18.4 Å². The van der Waals surface area contributed by atoms with E-state index in [-0.39, 0.29) is 25.7 Å². The van der Waals surface area contributed by atoms with E-state index in [1.54, 1.807) is 0 Å². The van der Waals surface area contributed by atoms with Crippen molar-refractivity contribution in [2.45, 2.75) is 238 Å². The summed E-state index contributed by atoms with van der Waals surface area (Å²) in [4.78, 5) is 22.7. The van der Waals surface area contributed by atoms with E-state index in [9.17, 15) is 19.4 Å². The summed E-state index contributed by atoms with van der Waals surface area (Å²) in [6.07, 6.45) is 43.6. The normalized spacial score (nSPS) is 14.2. The van der Waals surface area contributed by atoms with E-state index in [2.05, 4.69) is 31.3 Å². The van der Waals surface area contributed by atoms with Gasteiger partial charge in [-0.25, -0.2) is 4.57 Å². The van der Waals surface area contributed by atoms with E-state index < -0.39 is 20.0 Å². The molecule has 0 saturated carbocycles. The third kappa shape index (κ3) is 37.6. The minimum absolute atomic E-state index is 0.0904. The highest BCUT2D eigenvalue weighted by atomic mass is 31.2. The number of amides is 1. The fourth-order valence-corrected chi connectivity index (χ4v) is 7.48. The molecule has 0 fully saturated rings. The lowest BCUT2D eigenvalue weighted by atomic mass is 10.0. The van der Waals surface area contributed by atoms with Crippen molar-refractivity contribution in [2.75, 3.05) is 19.8 Å². The monoisotopic (exact) mass is 759 g/mol. The van der Waals surface area contributed by atoms with Crippen LogP contribution in [0.5, 0.6) is 0 Å². The molecule has 0 bridgehead atoms. The first kappa shape index (κ1) is 51.2. The van der Waals surface area contributed by atoms with Gasteiger partial charge in [-0.2, -0.15) is 0 Å². The first-order valence-corrected chi connectivity index (χ1v) is 23.8. The van der Waals surface area contributed by atoms with Crippen LogP contribution in [0.4, 0.5) is 0 Å². The van der Waals surface area contributed by atoms with Crippen LogP contribution in [0.2, 0.25) is 0 Å². The van der Waals surface area contributed by atoms with Crippen LogP contribution in [0, 0.1) is 0 Å². The first-order valence-electron chi connectivity index (χ1n) is 22.3. The first-order chi connectivity index (χ1) is 25.4. The number of carbonyl (C=O) groups is 1. The minimum Gasteiger partial charge on any atom is -0.391 e. The van der Waals surface area contributed by atoms with Gasteiger partial charge in [-0.1, -0.05) is 193 Å². The fourth-order valence-electron chi connectivity index (χ4n) is 6.72. The summed E-state index contributed by atoms with van der Waals surface area (Å²) in [5, 5.41) is 13.8. The van der Waals surface area contributed by atoms with Gasteiger partial charge in [0.15, 0.2) is 0 Å². The number of unbranched alkanes of at least 4 members (excludes halogenated alkanes) is 28. The summed E-state index contributed by atoms with van der Waals surface area (Å²) in [5.74, 6) is -0.162. The van der Waals surface area contributed by atoms with Gasteiger partial charge in [0.2, 0.25) is 5.91 Å². The third-order valence-electron chi connectivity index (χ3n) is 10.1. The van der Waals surface area contributed by atoms with Crippen molar-refractivity contribution in [3.8, 4) is 0 Å². The smallest absolute Gasteiger partial charge is 0.391 e. The maximum Gasteiger partial charge on any atom is 0.472 e. The highest BCUT2D eigenvalue weighted by molar-refractivity contribution is 7.47. The van der Waals surface area contributed by atoms with E-state index in [1.165, 1.54) is 161 Å². The van der Waals surface area contributed by atoms with Crippen molar-refractivity contribution in [2.24, 2.45) is 5.73 Å². The predicted octanol–water partition coefficient (Wildman–Crippen LogP) is 12.4. The number of nitrogens with two attached hydrogens (primary N) is 1. The lowest BCUT2D eigenvalue weighted by Crippen LogP contribution is -2.46. The molecule has 0 aliphatic carbocycles. The van der Waals surface area contributed by atoms with E-state index >= 15 is 0 Å². The molecule has 0 aliphatic rings. The van der Waals surface area contributed by atoms with Gasteiger partial charge in [-0.3, -0.25) is 13.8 Å². The number of hydrogen-bond donors (Lipinski definition) is 4. The third-order valence-corrected chi connectivity index (χ3v) is 11.1. The Hall–Kier alpha value is -0.760. The predicted molar refractivity (Wildman–Crippen MR) is 222 cm³/mol. The van der Waals surface area contributed by atoms with Crippen molar-refractivity contribution in [3.05, 3.63) is 12.2 Å². The molecular weight excluding hydrogens is 671 g/mol. The zero-order valence-electron chi connectivity index (χ0n) is 34.3. The summed E-state index contributed by atoms with van der Waals surface area (Å²) in [7, 11) is -4.31. The Morgan fingerprint density at radius 3 is 1.42 bits per heavy atom. The lowest BCUT2D eigenvalue weighted by molar-refractivity contribution is -0.123. The lowest BCUT2D eigenvalue weighted by Gasteiger charge is -2.25. The minimum atomic E-state index is -4.31. The van der Waals surface area contributed by atoms with E-state index in [1.807, 2.05) is 0 Å². The number of carbonyl (C=O) groups excluding carboxylic acids is 1. The fraction of sp³-hybridized carbons (Fsp3) is 0.930. The molecule has 310 valence electrons. The number of phosphoric ester groups is 1. The molecule has 5 N–H and O–H groups in total. The summed E-state index contributed by atoms with van der Waals surface area (Å²) in [6, 6.07) is -0.771. The van der Waals surface area contributed by atoms with Crippen LogP contribution in [0.3, 0.4) is 0 Å². The molecule has 0 aromatic carbocycles. The van der Waals surface area contributed by atoms with Gasteiger partial charge in [0.25, 0.3) is 0 Å². The Bertz CT molecular complexity index is 829. The van der Waals surface area contributed by atoms with Crippen LogP contribution in [0.1, 0.15) is 226 Å².